The average molecular weight is 478 g/mol. The van der Waals surface area contributed by atoms with E-state index in [0.29, 0.717) is 37.3 Å². The van der Waals surface area contributed by atoms with E-state index in [1.165, 1.54) is 24.3 Å². The van der Waals surface area contributed by atoms with Crippen LogP contribution in [0.1, 0.15) is 60.5 Å². The van der Waals surface area contributed by atoms with Crippen molar-refractivity contribution in [3.8, 4) is 0 Å². The van der Waals surface area contributed by atoms with E-state index in [0.717, 1.165) is 36.9 Å². The first-order chi connectivity index (χ1) is 16.9. The second-order valence-corrected chi connectivity index (χ2v) is 9.27. The maximum Gasteiger partial charge on any atom is 0.270 e. The number of hydrogen-bond donors (Lipinski definition) is 2. The number of aliphatic hydroxyl groups is 1. The van der Waals surface area contributed by atoms with Gasteiger partial charge in [-0.15, -0.1) is 0 Å². The number of benzene rings is 2. The molecule has 0 atom stereocenters. The first kappa shape index (κ1) is 23.0. The molecule has 0 bridgehead atoms. The minimum atomic E-state index is -0.536. The summed E-state index contributed by atoms with van der Waals surface area (Å²) in [7, 11) is 0. The quantitative estimate of drug-likeness (QED) is 0.410. The van der Waals surface area contributed by atoms with Crippen LogP contribution in [0.25, 0.3) is 11.0 Å². The summed E-state index contributed by atoms with van der Waals surface area (Å²) >= 11 is 0. The van der Waals surface area contributed by atoms with Crippen molar-refractivity contribution in [2.75, 3.05) is 11.9 Å². The summed E-state index contributed by atoms with van der Waals surface area (Å²) in [6.45, 7) is 1.27. The fourth-order valence-corrected chi connectivity index (χ4v) is 5.04. The number of amides is 2. The number of likely N-dealkylation sites (tertiary alicyclic amines) is 1. The zero-order valence-corrected chi connectivity index (χ0v) is 19.2. The number of aromatic nitrogens is 2. The van der Waals surface area contributed by atoms with E-state index < -0.39 is 10.8 Å². The van der Waals surface area contributed by atoms with Crippen LogP contribution in [0.5, 0.6) is 0 Å². The third-order valence-corrected chi connectivity index (χ3v) is 6.87. The van der Waals surface area contributed by atoms with Crippen molar-refractivity contribution >= 4 is 34.5 Å². The standard InChI is InChI=1S/C25H27N5O5/c31-20-9-7-18(8-10-20)29-22-11-6-16(15-28-12-2-5-23(28)32)13-21(22)26-25(29)27-24(33)17-3-1-4-19(14-17)30(34)35/h1,3-4,6,11,13-14,18,20,31H,2,5,7-10,12,15H2,(H,26,27,33)/t18-,20-. The summed E-state index contributed by atoms with van der Waals surface area (Å²) in [6, 6.07) is 11.5. The third kappa shape index (κ3) is 4.74. The number of rotatable bonds is 6. The average Bonchev–Trinajstić information content (AvgIpc) is 3.42. The van der Waals surface area contributed by atoms with Crippen LogP contribution in [0, 0.1) is 10.1 Å². The van der Waals surface area contributed by atoms with Crippen molar-refractivity contribution in [1.82, 2.24) is 14.5 Å². The number of imidazole rings is 1. The number of hydrogen-bond acceptors (Lipinski definition) is 6. The topological polar surface area (TPSA) is 131 Å². The van der Waals surface area contributed by atoms with Crippen molar-refractivity contribution in [3.63, 3.8) is 0 Å². The van der Waals surface area contributed by atoms with Crippen LogP contribution in [0.3, 0.4) is 0 Å². The number of anilines is 1. The van der Waals surface area contributed by atoms with Gasteiger partial charge in [0.05, 0.1) is 22.1 Å². The van der Waals surface area contributed by atoms with Crippen molar-refractivity contribution in [2.45, 2.75) is 57.2 Å². The number of nitro groups is 1. The Hall–Kier alpha value is -3.79. The Bertz CT molecular complexity index is 1290. The van der Waals surface area contributed by atoms with Gasteiger partial charge in [-0.3, -0.25) is 25.0 Å². The van der Waals surface area contributed by atoms with Crippen LogP contribution < -0.4 is 5.32 Å². The largest absolute Gasteiger partial charge is 0.393 e. The number of carbonyl (C=O) groups is 2. The van der Waals surface area contributed by atoms with E-state index in [4.69, 9.17) is 4.98 Å². The van der Waals surface area contributed by atoms with Crippen molar-refractivity contribution in [2.24, 2.45) is 0 Å². The molecule has 1 saturated carbocycles. The molecule has 2 N–H and O–H groups in total. The second kappa shape index (κ2) is 9.46. The fourth-order valence-electron chi connectivity index (χ4n) is 5.04. The van der Waals surface area contributed by atoms with Gasteiger partial charge in [-0.1, -0.05) is 12.1 Å². The number of nitrogens with zero attached hydrogens (tertiary/aromatic N) is 4. The number of nitrogens with one attached hydrogen (secondary N) is 1. The monoisotopic (exact) mass is 477 g/mol. The van der Waals surface area contributed by atoms with Crippen LogP contribution in [-0.2, 0) is 11.3 Å². The zero-order valence-electron chi connectivity index (χ0n) is 19.2. The fraction of sp³-hybridized carbons (Fsp3) is 0.400. The molecule has 2 aliphatic rings. The summed E-state index contributed by atoms with van der Waals surface area (Å²) in [5.41, 5.74) is 2.54. The Morgan fingerprint density at radius 2 is 1.97 bits per heavy atom. The minimum absolute atomic E-state index is 0.0508. The normalized spacial score (nSPS) is 20.4. The first-order valence-electron chi connectivity index (χ1n) is 11.9. The predicted molar refractivity (Wildman–Crippen MR) is 129 cm³/mol. The number of carbonyl (C=O) groups excluding carboxylic acids is 2. The highest BCUT2D eigenvalue weighted by Crippen LogP contribution is 2.35. The van der Waals surface area contributed by atoms with Crippen LogP contribution in [-0.4, -0.2) is 48.9 Å². The molecular weight excluding hydrogens is 450 g/mol. The molecule has 2 heterocycles. The molecular formula is C25H27N5O5. The Labute approximate surface area is 201 Å². The maximum atomic E-state index is 13.0. The van der Waals surface area contributed by atoms with Crippen LogP contribution in [0.15, 0.2) is 42.5 Å². The molecule has 1 aliphatic heterocycles. The molecule has 182 valence electrons. The van der Waals surface area contributed by atoms with Gasteiger partial charge in [0.15, 0.2) is 0 Å². The highest BCUT2D eigenvalue weighted by molar-refractivity contribution is 6.04. The molecule has 10 heteroatoms. The SMILES string of the molecule is O=C(Nc1nc2cc(CN3CCCC3=O)ccc2n1[C@H]1CC[C@H](O)CC1)c1cccc([N+](=O)[O-])c1. The van der Waals surface area contributed by atoms with Gasteiger partial charge in [0.25, 0.3) is 11.6 Å². The van der Waals surface area contributed by atoms with Gasteiger partial charge in [0, 0.05) is 43.2 Å². The number of nitro benzene ring substituents is 1. The number of non-ortho nitro benzene ring substituents is 1. The van der Waals surface area contributed by atoms with Gasteiger partial charge in [-0.2, -0.15) is 0 Å². The Morgan fingerprint density at radius 1 is 1.17 bits per heavy atom. The molecule has 35 heavy (non-hydrogen) atoms. The van der Waals surface area contributed by atoms with E-state index >= 15 is 0 Å². The summed E-state index contributed by atoms with van der Waals surface area (Å²) in [5.74, 6) is 0.0394. The predicted octanol–water partition coefficient (Wildman–Crippen LogP) is 3.80. The van der Waals surface area contributed by atoms with Crippen LogP contribution >= 0.6 is 0 Å². The molecule has 2 aromatic carbocycles. The smallest absolute Gasteiger partial charge is 0.270 e. The van der Waals surface area contributed by atoms with Crippen LogP contribution in [0.2, 0.25) is 0 Å². The van der Waals surface area contributed by atoms with E-state index in [-0.39, 0.29) is 29.3 Å². The van der Waals surface area contributed by atoms with Gasteiger partial charge in [0.2, 0.25) is 11.9 Å². The molecule has 0 unspecified atom stereocenters. The van der Waals surface area contributed by atoms with Gasteiger partial charge >= 0.3 is 0 Å². The van der Waals surface area contributed by atoms with Crippen LogP contribution in [0.4, 0.5) is 11.6 Å². The molecule has 2 amide bonds. The molecule has 0 spiro atoms. The molecule has 1 aliphatic carbocycles. The summed E-state index contributed by atoms with van der Waals surface area (Å²) in [5, 5.41) is 24.0. The first-order valence-corrected chi connectivity index (χ1v) is 11.9. The van der Waals surface area contributed by atoms with Crippen molar-refractivity contribution in [1.29, 1.82) is 0 Å². The number of aliphatic hydroxyl groups excluding tert-OH is 1. The Balaban J connectivity index is 1.48. The zero-order chi connectivity index (χ0) is 24.5. The molecule has 0 radical (unpaired) electrons. The molecule has 3 aromatic rings. The van der Waals surface area contributed by atoms with Crippen molar-refractivity contribution in [3.05, 3.63) is 63.7 Å². The van der Waals surface area contributed by atoms with Crippen molar-refractivity contribution < 1.29 is 19.6 Å². The Morgan fingerprint density at radius 3 is 2.69 bits per heavy atom. The Kier molecular flexibility index (Phi) is 6.21. The van der Waals surface area contributed by atoms with Gasteiger partial charge in [-0.05, 0) is 55.9 Å². The highest BCUT2D eigenvalue weighted by Gasteiger charge is 2.27. The molecule has 2 fully saturated rings. The molecule has 1 saturated heterocycles. The molecule has 1 aromatic heterocycles. The van der Waals surface area contributed by atoms with E-state index in [9.17, 15) is 24.8 Å². The molecule has 10 nitrogen and oxygen atoms in total. The van der Waals surface area contributed by atoms with E-state index in [2.05, 4.69) is 5.32 Å². The lowest BCUT2D eigenvalue weighted by Gasteiger charge is -2.28. The van der Waals surface area contributed by atoms with Gasteiger partial charge < -0.3 is 14.6 Å². The third-order valence-electron chi connectivity index (χ3n) is 6.87. The number of fused-ring (bicyclic) bond motifs is 1. The lowest BCUT2D eigenvalue weighted by atomic mass is 9.93. The van der Waals surface area contributed by atoms with Gasteiger partial charge in [-0.25, -0.2) is 4.98 Å². The maximum absolute atomic E-state index is 13.0. The highest BCUT2D eigenvalue weighted by atomic mass is 16.6. The summed E-state index contributed by atoms with van der Waals surface area (Å²) < 4.78 is 2.00. The molecule has 5 rings (SSSR count). The summed E-state index contributed by atoms with van der Waals surface area (Å²) in [4.78, 5) is 42.2. The van der Waals surface area contributed by atoms with E-state index in [1.54, 1.807) is 0 Å². The van der Waals surface area contributed by atoms with Gasteiger partial charge in [0.1, 0.15) is 0 Å². The lowest BCUT2D eigenvalue weighted by molar-refractivity contribution is -0.384. The summed E-state index contributed by atoms with van der Waals surface area (Å²) in [6.07, 6.45) is 3.95. The van der Waals surface area contributed by atoms with E-state index in [1.807, 2.05) is 27.7 Å². The second-order valence-electron chi connectivity index (χ2n) is 9.27. The lowest BCUT2D eigenvalue weighted by Crippen LogP contribution is -2.24. The minimum Gasteiger partial charge on any atom is -0.393 e.